The molecule has 1 unspecified atom stereocenters. The highest BCUT2D eigenvalue weighted by Gasteiger charge is 2.24. The van der Waals surface area contributed by atoms with Gasteiger partial charge in [-0.15, -0.1) is 0 Å². The molecule has 1 fully saturated rings. The van der Waals surface area contributed by atoms with E-state index >= 15 is 0 Å². The number of nitrogens with one attached hydrogen (secondary N) is 1. The Kier molecular flexibility index (Phi) is 4.27. The molecule has 3 aromatic heterocycles. The molecule has 7 nitrogen and oxygen atoms in total. The van der Waals surface area contributed by atoms with Crippen molar-refractivity contribution in [2.45, 2.75) is 19.0 Å². The fourth-order valence-electron chi connectivity index (χ4n) is 3.25. The number of nitriles is 1. The topological polar surface area (TPSA) is 82.7 Å². The Labute approximate surface area is 145 Å². The van der Waals surface area contributed by atoms with Gasteiger partial charge in [0.05, 0.1) is 24.9 Å². The molecule has 4 heterocycles. The second-order valence-corrected chi connectivity index (χ2v) is 6.21. The maximum Gasteiger partial charge on any atom is 0.205 e. The number of fused-ring (bicyclic) bond motifs is 1. The summed E-state index contributed by atoms with van der Waals surface area (Å²) < 4.78 is 2.07. The first-order valence-electron chi connectivity index (χ1n) is 8.40. The lowest BCUT2D eigenvalue weighted by atomic mass is 10.3. The van der Waals surface area contributed by atoms with Gasteiger partial charge in [0.15, 0.2) is 5.65 Å². The van der Waals surface area contributed by atoms with E-state index < -0.39 is 0 Å². The van der Waals surface area contributed by atoms with Gasteiger partial charge in [-0.05, 0) is 30.7 Å². The standard InChI is InChI=1S/C18H19N7/c19-7-11-24-10-6-15(12-24)22-18-23-16-5-3-9-21-17(16)25(18)13-14-4-1-2-8-20-14/h1-5,8-9,15H,6,10-13H2,(H,22,23). The van der Waals surface area contributed by atoms with Crippen LogP contribution in [0, 0.1) is 11.3 Å². The van der Waals surface area contributed by atoms with Crippen LogP contribution in [0.1, 0.15) is 12.1 Å². The Morgan fingerprint density at radius 2 is 2.12 bits per heavy atom. The van der Waals surface area contributed by atoms with Crippen molar-refractivity contribution in [2.24, 2.45) is 0 Å². The van der Waals surface area contributed by atoms with Crippen molar-refractivity contribution < 1.29 is 0 Å². The molecule has 0 aliphatic carbocycles. The number of hydrogen-bond acceptors (Lipinski definition) is 6. The van der Waals surface area contributed by atoms with Gasteiger partial charge in [0.2, 0.25) is 5.95 Å². The Hall–Kier alpha value is -2.98. The summed E-state index contributed by atoms with van der Waals surface area (Å²) in [6.45, 7) is 2.88. The third-order valence-electron chi connectivity index (χ3n) is 4.45. The Morgan fingerprint density at radius 1 is 1.20 bits per heavy atom. The molecule has 0 radical (unpaired) electrons. The number of anilines is 1. The molecule has 1 aliphatic heterocycles. The highest BCUT2D eigenvalue weighted by molar-refractivity contribution is 5.74. The van der Waals surface area contributed by atoms with Crippen molar-refractivity contribution in [3.63, 3.8) is 0 Å². The molecule has 1 N–H and O–H groups in total. The molecule has 3 aromatic rings. The number of aromatic nitrogens is 4. The molecular formula is C18H19N7. The summed E-state index contributed by atoms with van der Waals surface area (Å²) >= 11 is 0. The fourth-order valence-corrected chi connectivity index (χ4v) is 3.25. The average molecular weight is 333 g/mol. The minimum absolute atomic E-state index is 0.285. The van der Waals surface area contributed by atoms with Crippen molar-refractivity contribution in [1.29, 1.82) is 5.26 Å². The van der Waals surface area contributed by atoms with Gasteiger partial charge in [0, 0.05) is 31.5 Å². The van der Waals surface area contributed by atoms with Crippen LogP contribution in [0.2, 0.25) is 0 Å². The lowest BCUT2D eigenvalue weighted by molar-refractivity contribution is 0.378. The molecule has 126 valence electrons. The van der Waals surface area contributed by atoms with Gasteiger partial charge < -0.3 is 5.32 Å². The predicted molar refractivity (Wildman–Crippen MR) is 94.9 cm³/mol. The van der Waals surface area contributed by atoms with Crippen molar-refractivity contribution in [3.05, 3.63) is 48.4 Å². The second-order valence-electron chi connectivity index (χ2n) is 6.21. The van der Waals surface area contributed by atoms with Gasteiger partial charge in [-0.1, -0.05) is 6.07 Å². The van der Waals surface area contributed by atoms with Crippen LogP contribution in [0.5, 0.6) is 0 Å². The van der Waals surface area contributed by atoms with Crippen molar-refractivity contribution in [3.8, 4) is 6.07 Å². The van der Waals surface area contributed by atoms with Crippen molar-refractivity contribution in [2.75, 3.05) is 25.0 Å². The molecule has 1 atom stereocenters. The Morgan fingerprint density at radius 3 is 2.96 bits per heavy atom. The highest BCUT2D eigenvalue weighted by atomic mass is 15.3. The van der Waals surface area contributed by atoms with E-state index in [0.29, 0.717) is 13.1 Å². The minimum atomic E-state index is 0.285. The summed E-state index contributed by atoms with van der Waals surface area (Å²) in [5.41, 5.74) is 2.68. The van der Waals surface area contributed by atoms with E-state index in [-0.39, 0.29) is 6.04 Å². The maximum atomic E-state index is 8.86. The molecule has 0 bridgehead atoms. The smallest absolute Gasteiger partial charge is 0.205 e. The summed E-state index contributed by atoms with van der Waals surface area (Å²) in [7, 11) is 0. The van der Waals surface area contributed by atoms with Crippen LogP contribution in [0.15, 0.2) is 42.7 Å². The SMILES string of the molecule is N#CCN1CCC(Nc2nc3cccnc3n2Cc2ccccn2)C1. The van der Waals surface area contributed by atoms with Gasteiger partial charge >= 0.3 is 0 Å². The molecule has 1 saturated heterocycles. The lowest BCUT2D eigenvalue weighted by Gasteiger charge is -2.16. The van der Waals surface area contributed by atoms with Gasteiger partial charge in [0.25, 0.3) is 0 Å². The van der Waals surface area contributed by atoms with E-state index in [1.165, 1.54) is 0 Å². The number of imidazole rings is 1. The summed E-state index contributed by atoms with van der Waals surface area (Å²) in [5, 5.41) is 12.4. The summed E-state index contributed by atoms with van der Waals surface area (Å²) in [4.78, 5) is 15.8. The second kappa shape index (κ2) is 6.87. The van der Waals surface area contributed by atoms with Gasteiger partial charge in [-0.25, -0.2) is 9.97 Å². The van der Waals surface area contributed by atoms with Gasteiger partial charge in [0.1, 0.15) is 5.52 Å². The van der Waals surface area contributed by atoms with Gasteiger partial charge in [-0.3, -0.25) is 14.5 Å². The van der Waals surface area contributed by atoms with Crippen LogP contribution in [0.25, 0.3) is 11.2 Å². The molecule has 7 heteroatoms. The first-order chi connectivity index (χ1) is 12.3. The molecule has 0 saturated carbocycles. The summed E-state index contributed by atoms with van der Waals surface area (Å²) in [6, 6.07) is 12.3. The molecule has 1 aliphatic rings. The maximum absolute atomic E-state index is 8.86. The van der Waals surface area contributed by atoms with E-state index in [9.17, 15) is 0 Å². The Bertz CT molecular complexity index is 897. The molecule has 0 amide bonds. The van der Waals surface area contributed by atoms with Crippen LogP contribution in [0.4, 0.5) is 5.95 Å². The van der Waals surface area contributed by atoms with Gasteiger partial charge in [-0.2, -0.15) is 5.26 Å². The first-order valence-corrected chi connectivity index (χ1v) is 8.40. The van der Waals surface area contributed by atoms with Crippen molar-refractivity contribution >= 4 is 17.1 Å². The van der Waals surface area contributed by atoms with E-state index in [1.54, 1.807) is 12.4 Å². The molecule has 0 aromatic carbocycles. The molecule has 0 spiro atoms. The van der Waals surface area contributed by atoms with E-state index in [2.05, 4.69) is 30.8 Å². The largest absolute Gasteiger partial charge is 0.352 e. The van der Waals surface area contributed by atoms with Crippen molar-refractivity contribution in [1.82, 2.24) is 24.4 Å². The zero-order chi connectivity index (χ0) is 17.1. The number of rotatable bonds is 5. The number of likely N-dealkylation sites (tertiary alicyclic amines) is 1. The minimum Gasteiger partial charge on any atom is -0.352 e. The van der Waals surface area contributed by atoms with Crippen LogP contribution < -0.4 is 5.32 Å². The van der Waals surface area contributed by atoms with E-state index in [0.717, 1.165) is 42.3 Å². The quantitative estimate of drug-likeness (QED) is 0.718. The summed E-state index contributed by atoms with van der Waals surface area (Å²) in [6.07, 6.45) is 4.58. The average Bonchev–Trinajstić information content (AvgIpc) is 3.22. The fraction of sp³-hybridized carbons (Fsp3) is 0.333. The zero-order valence-electron chi connectivity index (χ0n) is 13.8. The number of nitrogens with zero attached hydrogens (tertiary/aromatic N) is 6. The molecular weight excluding hydrogens is 314 g/mol. The first kappa shape index (κ1) is 15.5. The normalized spacial score (nSPS) is 17.6. The summed E-state index contributed by atoms with van der Waals surface area (Å²) in [5.74, 6) is 0.808. The van der Waals surface area contributed by atoms with Crippen LogP contribution >= 0.6 is 0 Å². The monoisotopic (exact) mass is 333 g/mol. The zero-order valence-corrected chi connectivity index (χ0v) is 13.8. The molecule has 4 rings (SSSR count). The predicted octanol–water partition coefficient (Wildman–Crippen LogP) is 1.88. The Balaban J connectivity index is 1.62. The van der Waals surface area contributed by atoms with E-state index in [4.69, 9.17) is 10.2 Å². The third kappa shape index (κ3) is 3.30. The number of pyridine rings is 2. The van der Waals surface area contributed by atoms with Crippen LogP contribution in [-0.4, -0.2) is 50.1 Å². The number of hydrogen-bond donors (Lipinski definition) is 1. The third-order valence-corrected chi connectivity index (χ3v) is 4.45. The molecule has 25 heavy (non-hydrogen) atoms. The lowest BCUT2D eigenvalue weighted by Crippen LogP contribution is -2.27. The highest BCUT2D eigenvalue weighted by Crippen LogP contribution is 2.21. The van der Waals surface area contributed by atoms with Crippen LogP contribution in [0.3, 0.4) is 0 Å². The van der Waals surface area contributed by atoms with Crippen LogP contribution in [-0.2, 0) is 6.54 Å². The van der Waals surface area contributed by atoms with E-state index in [1.807, 2.05) is 30.3 Å².